The SMILES string of the molecule is CCc1ccc(Cl)c(S(=O)(=O)O)c1N=Nc1c(O)c(C(=O)Nc2ccc(OC)cc2)cc2ccccc12.CCc1ccc(Cl)c(S(=O)(=O)[O-])c1N=Nc1c([O-])c(C(=O)Nc2ccc(OC)cc2)cc2ccccc12.[Ca+2]. The van der Waals surface area contributed by atoms with E-state index in [9.17, 15) is 45.7 Å². The second-order valence-corrected chi connectivity index (χ2v) is 19.3. The summed E-state index contributed by atoms with van der Waals surface area (Å²) >= 11 is 12.1. The van der Waals surface area contributed by atoms with Crippen molar-refractivity contribution in [3.63, 3.8) is 0 Å². The number of nitrogens with one attached hydrogen (secondary N) is 2. The van der Waals surface area contributed by atoms with Crippen molar-refractivity contribution >= 4 is 149 Å². The van der Waals surface area contributed by atoms with Crippen molar-refractivity contribution in [3.05, 3.63) is 166 Å². The van der Waals surface area contributed by atoms with E-state index in [1.807, 2.05) is 0 Å². The molecular weight excluding hydrogens is 1080 g/mol. The van der Waals surface area contributed by atoms with Gasteiger partial charge in [0.1, 0.15) is 48.5 Å². The van der Waals surface area contributed by atoms with Crippen LogP contribution in [0.15, 0.2) is 164 Å². The minimum atomic E-state index is -5.00. The zero-order valence-corrected chi connectivity index (χ0v) is 45.5. The van der Waals surface area contributed by atoms with Crippen LogP contribution in [0.3, 0.4) is 0 Å². The van der Waals surface area contributed by atoms with Crippen LogP contribution < -0.4 is 25.2 Å². The first-order valence-electron chi connectivity index (χ1n) is 22.1. The molecule has 0 radical (unpaired) electrons. The molecule has 0 fully saturated rings. The summed E-state index contributed by atoms with van der Waals surface area (Å²) in [5, 5.41) is 47.6. The molecule has 0 saturated heterocycles. The van der Waals surface area contributed by atoms with Crippen molar-refractivity contribution in [1.82, 2.24) is 0 Å². The Hall–Kier alpha value is -6.72. The number of halogens is 2. The van der Waals surface area contributed by atoms with Crippen LogP contribution in [0, 0.1) is 0 Å². The van der Waals surface area contributed by atoms with Gasteiger partial charge in [0, 0.05) is 27.7 Å². The molecule has 8 aromatic rings. The molecule has 0 heterocycles. The summed E-state index contributed by atoms with van der Waals surface area (Å²) in [5.74, 6) is -1.23. The van der Waals surface area contributed by atoms with Crippen LogP contribution in [0.25, 0.3) is 21.5 Å². The molecule has 0 aromatic heterocycles. The summed E-state index contributed by atoms with van der Waals surface area (Å²) in [6, 6.07) is 35.6. The van der Waals surface area contributed by atoms with Gasteiger partial charge in [0.25, 0.3) is 21.9 Å². The average molecular weight is 1120 g/mol. The Morgan fingerprint density at radius 1 is 0.587 bits per heavy atom. The van der Waals surface area contributed by atoms with Crippen molar-refractivity contribution in [1.29, 1.82) is 0 Å². The van der Waals surface area contributed by atoms with Gasteiger partial charge in [0.05, 0.1) is 35.5 Å². The van der Waals surface area contributed by atoms with E-state index in [1.165, 1.54) is 44.6 Å². The molecular formula is C52H42CaCl2N6O12S2. The number of carbonyl (C=O) groups is 2. The minimum absolute atomic E-state index is 0. The van der Waals surface area contributed by atoms with E-state index in [2.05, 4.69) is 31.1 Å². The zero-order chi connectivity index (χ0) is 53.5. The third kappa shape index (κ3) is 13.2. The predicted molar refractivity (Wildman–Crippen MR) is 284 cm³/mol. The largest absolute Gasteiger partial charge is 2.00 e. The molecule has 23 heteroatoms. The quantitative estimate of drug-likeness (QED) is 0.0449. The number of amides is 2. The van der Waals surface area contributed by atoms with Crippen LogP contribution in [0.1, 0.15) is 45.7 Å². The number of nitrogens with zero attached hydrogens (tertiary/aromatic N) is 4. The average Bonchev–Trinajstić information content (AvgIpc) is 3.37. The van der Waals surface area contributed by atoms with Crippen molar-refractivity contribution in [3.8, 4) is 23.0 Å². The Morgan fingerprint density at radius 2 is 0.987 bits per heavy atom. The molecule has 0 atom stereocenters. The summed E-state index contributed by atoms with van der Waals surface area (Å²) in [6.45, 7) is 3.51. The number of aryl methyl sites for hydroxylation is 2. The molecule has 75 heavy (non-hydrogen) atoms. The second kappa shape index (κ2) is 24.7. The summed E-state index contributed by atoms with van der Waals surface area (Å²) in [6.07, 6.45) is 0.689. The van der Waals surface area contributed by atoms with Crippen LogP contribution in [-0.2, 0) is 33.1 Å². The monoisotopic (exact) mass is 1120 g/mol. The number of phenols is 1. The fourth-order valence-electron chi connectivity index (χ4n) is 7.56. The molecule has 4 N–H and O–H groups in total. The van der Waals surface area contributed by atoms with Gasteiger partial charge < -0.3 is 34.9 Å². The van der Waals surface area contributed by atoms with E-state index in [0.717, 1.165) is 0 Å². The maximum absolute atomic E-state index is 13.4. The third-order valence-corrected chi connectivity index (χ3v) is 14.0. The molecule has 0 bridgehead atoms. The van der Waals surface area contributed by atoms with Gasteiger partial charge in [-0.1, -0.05) is 103 Å². The van der Waals surface area contributed by atoms with E-state index >= 15 is 0 Å². The number of hydrogen-bond acceptors (Lipinski definition) is 15. The van der Waals surface area contributed by atoms with Gasteiger partial charge >= 0.3 is 37.7 Å². The van der Waals surface area contributed by atoms with E-state index in [-0.39, 0.29) is 81.7 Å². The summed E-state index contributed by atoms with van der Waals surface area (Å²) < 4.78 is 79.9. The molecule has 8 rings (SSSR count). The fourth-order valence-corrected chi connectivity index (χ4v) is 9.89. The number of azo groups is 2. The summed E-state index contributed by atoms with van der Waals surface area (Å²) in [5.41, 5.74) is 0.864. The van der Waals surface area contributed by atoms with Gasteiger partial charge in [0.2, 0.25) is 0 Å². The Bertz CT molecular complexity index is 3530. The van der Waals surface area contributed by atoms with Crippen LogP contribution in [-0.4, -0.2) is 94.8 Å². The number of fused-ring (bicyclic) bond motifs is 2. The molecule has 0 aliphatic carbocycles. The number of methoxy groups -OCH3 is 2. The van der Waals surface area contributed by atoms with Gasteiger partial charge in [-0.2, -0.15) is 13.5 Å². The third-order valence-electron chi connectivity index (χ3n) is 11.3. The molecule has 380 valence electrons. The normalized spacial score (nSPS) is 11.5. The Balaban J connectivity index is 0.000000241. The topological polar surface area (TPSA) is 281 Å². The fraction of sp³-hybridized carbons (Fsp3) is 0.115. The number of hydrogen-bond donors (Lipinski definition) is 4. The van der Waals surface area contributed by atoms with Gasteiger partial charge in [0.15, 0.2) is 5.75 Å². The van der Waals surface area contributed by atoms with Gasteiger partial charge in [-0.05, 0) is 108 Å². The van der Waals surface area contributed by atoms with Crippen LogP contribution in [0.2, 0.25) is 10.0 Å². The first-order chi connectivity index (χ1) is 35.3. The predicted octanol–water partition coefficient (Wildman–Crippen LogP) is 12.0. The van der Waals surface area contributed by atoms with Crippen LogP contribution in [0.5, 0.6) is 23.0 Å². The van der Waals surface area contributed by atoms with Gasteiger partial charge in [-0.3, -0.25) is 14.1 Å². The first-order valence-corrected chi connectivity index (χ1v) is 25.7. The maximum atomic E-state index is 13.4. The Morgan fingerprint density at radius 3 is 1.44 bits per heavy atom. The van der Waals surface area contributed by atoms with E-state index in [4.69, 9.17) is 32.7 Å². The van der Waals surface area contributed by atoms with E-state index < -0.39 is 53.3 Å². The molecule has 0 spiro atoms. The number of rotatable bonds is 14. The number of benzene rings is 8. The summed E-state index contributed by atoms with van der Waals surface area (Å²) in [4.78, 5) is 24.8. The first kappa shape index (κ1) is 57.6. The minimum Gasteiger partial charge on any atom is -0.870 e. The standard InChI is InChI=1S/2C26H22ClN3O6S.Ca/c2*1-3-15-8-13-21(27)25(37(33,34)35)22(15)29-30-23-19-7-5-4-6-16(19)14-20(24(23)31)26(32)28-17-9-11-18(36-2)12-10-17;/h2*4-14,31H,3H2,1-2H3,(H,28,32)(H,33,34,35);/q;;+2/p-2. The Kier molecular flexibility index (Phi) is 19.0. The number of carbonyl (C=O) groups excluding carboxylic acids is 2. The second-order valence-electron chi connectivity index (χ2n) is 15.8. The molecule has 18 nitrogen and oxygen atoms in total. The molecule has 0 unspecified atom stereocenters. The molecule has 0 saturated carbocycles. The molecule has 2 amide bonds. The number of anilines is 2. The van der Waals surface area contributed by atoms with Crippen LogP contribution >= 0.6 is 23.2 Å². The molecule has 8 aromatic carbocycles. The number of ether oxygens (including phenoxy) is 2. The smallest absolute Gasteiger partial charge is 0.870 e. The van der Waals surface area contributed by atoms with Crippen molar-refractivity contribution in [2.24, 2.45) is 20.5 Å². The molecule has 0 aliphatic heterocycles. The van der Waals surface area contributed by atoms with Gasteiger partial charge in [-0.25, -0.2) is 8.42 Å². The maximum Gasteiger partial charge on any atom is 2.00 e. The van der Waals surface area contributed by atoms with E-state index in [1.54, 1.807) is 117 Å². The van der Waals surface area contributed by atoms with Crippen molar-refractivity contribution in [2.75, 3.05) is 24.9 Å². The van der Waals surface area contributed by atoms with Gasteiger partial charge in [-0.15, -0.1) is 15.3 Å². The number of aromatic hydroxyl groups is 1. The number of phenolic OH excluding ortho intramolecular Hbond substituents is 1. The van der Waals surface area contributed by atoms with Crippen molar-refractivity contribution in [2.45, 2.75) is 36.5 Å². The summed E-state index contributed by atoms with van der Waals surface area (Å²) in [7, 11) is -6.69. The molecule has 0 aliphatic rings. The van der Waals surface area contributed by atoms with Crippen LogP contribution in [0.4, 0.5) is 34.1 Å². The van der Waals surface area contributed by atoms with Crippen molar-refractivity contribution < 1.29 is 55.2 Å². The zero-order valence-electron chi connectivity index (χ0n) is 40.2. The Labute approximate surface area is 470 Å². The van der Waals surface area contributed by atoms with E-state index in [0.29, 0.717) is 68.4 Å².